The number of fused-ring (bicyclic) bond motifs is 1. The fourth-order valence-corrected chi connectivity index (χ4v) is 1.21. The monoisotopic (exact) mass is 173 g/mol. The van der Waals surface area contributed by atoms with Crippen molar-refractivity contribution in [3.05, 3.63) is 30.1 Å². The number of hydrogen-bond donors (Lipinski definition) is 0. The Hall–Kier alpha value is -1.93. The van der Waals surface area contributed by atoms with E-state index in [4.69, 9.17) is 0 Å². The summed E-state index contributed by atoms with van der Waals surface area (Å²) in [6.07, 6.45) is 4.87. The van der Waals surface area contributed by atoms with Crippen LogP contribution in [0.5, 0.6) is 0 Å². The average molecular weight is 173 g/mol. The lowest BCUT2D eigenvalue weighted by atomic mass is 10.2. The van der Waals surface area contributed by atoms with Gasteiger partial charge in [0.1, 0.15) is 5.69 Å². The molecule has 0 aromatic carbocycles. The Bertz CT molecular complexity index is 495. The first-order chi connectivity index (χ1) is 6.31. The third-order valence-corrected chi connectivity index (χ3v) is 1.82. The number of isocyanates is 1. The van der Waals surface area contributed by atoms with Crippen LogP contribution in [-0.4, -0.2) is 15.7 Å². The molecule has 0 unspecified atom stereocenters. The highest BCUT2D eigenvalue weighted by Crippen LogP contribution is 2.19. The van der Waals surface area contributed by atoms with Crippen LogP contribution in [0.2, 0.25) is 0 Å². The second-order valence-corrected chi connectivity index (χ2v) is 2.77. The molecule has 2 heterocycles. The van der Waals surface area contributed by atoms with Crippen molar-refractivity contribution in [2.24, 2.45) is 4.99 Å². The molecule has 0 amide bonds. The minimum Gasteiger partial charge on any atom is -0.239 e. The van der Waals surface area contributed by atoms with Gasteiger partial charge in [0.2, 0.25) is 6.08 Å². The first kappa shape index (κ1) is 7.71. The molecular weight excluding hydrogens is 166 g/mol. The fourth-order valence-electron chi connectivity index (χ4n) is 1.21. The first-order valence-electron chi connectivity index (χ1n) is 3.83. The van der Waals surface area contributed by atoms with Gasteiger partial charge in [0, 0.05) is 6.20 Å². The molecular formula is C9H7N3O. The number of rotatable bonds is 1. The molecule has 4 heteroatoms. The smallest absolute Gasteiger partial charge is 0.239 e. The molecule has 0 atom stereocenters. The number of aromatic nitrogens is 2. The third-order valence-electron chi connectivity index (χ3n) is 1.82. The largest absolute Gasteiger partial charge is 0.240 e. The lowest BCUT2D eigenvalue weighted by molar-refractivity contribution is 0.565. The van der Waals surface area contributed by atoms with Crippen LogP contribution in [0.3, 0.4) is 0 Å². The molecule has 0 bridgehead atoms. The van der Waals surface area contributed by atoms with Crippen LogP contribution in [0.15, 0.2) is 29.5 Å². The van der Waals surface area contributed by atoms with Crippen molar-refractivity contribution < 1.29 is 4.79 Å². The highest BCUT2D eigenvalue weighted by Gasteiger charge is 2.01. The van der Waals surface area contributed by atoms with Crippen molar-refractivity contribution in [2.45, 2.75) is 6.92 Å². The van der Waals surface area contributed by atoms with Crippen LogP contribution in [0.25, 0.3) is 5.52 Å². The van der Waals surface area contributed by atoms with Gasteiger partial charge in [-0.2, -0.15) is 10.1 Å². The van der Waals surface area contributed by atoms with Gasteiger partial charge >= 0.3 is 0 Å². The molecule has 2 aromatic rings. The van der Waals surface area contributed by atoms with E-state index in [1.807, 2.05) is 25.3 Å². The normalized spacial score (nSPS) is 9.92. The van der Waals surface area contributed by atoms with E-state index in [9.17, 15) is 4.79 Å². The number of hydrogen-bond acceptors (Lipinski definition) is 3. The highest BCUT2D eigenvalue weighted by molar-refractivity contribution is 5.71. The summed E-state index contributed by atoms with van der Waals surface area (Å²) in [6.45, 7) is 1.97. The second kappa shape index (κ2) is 2.84. The third kappa shape index (κ3) is 1.23. The van der Waals surface area contributed by atoms with Gasteiger partial charge in [-0.1, -0.05) is 0 Å². The van der Waals surface area contributed by atoms with E-state index in [-0.39, 0.29) is 0 Å². The molecule has 0 saturated heterocycles. The van der Waals surface area contributed by atoms with Gasteiger partial charge in [-0.05, 0) is 24.6 Å². The number of pyridine rings is 1. The summed E-state index contributed by atoms with van der Waals surface area (Å²) >= 11 is 0. The maximum atomic E-state index is 10.1. The Labute approximate surface area is 74.5 Å². The van der Waals surface area contributed by atoms with Gasteiger partial charge in [-0.25, -0.2) is 9.31 Å². The van der Waals surface area contributed by atoms with E-state index in [2.05, 4.69) is 10.1 Å². The molecule has 0 aliphatic carbocycles. The summed E-state index contributed by atoms with van der Waals surface area (Å²) in [5, 5.41) is 4.02. The molecule has 0 fully saturated rings. The summed E-state index contributed by atoms with van der Waals surface area (Å²) in [5.41, 5.74) is 2.48. The quantitative estimate of drug-likeness (QED) is 0.485. The maximum absolute atomic E-state index is 10.1. The zero-order valence-corrected chi connectivity index (χ0v) is 7.06. The Morgan fingerprint density at radius 1 is 1.62 bits per heavy atom. The predicted molar refractivity (Wildman–Crippen MR) is 47.7 cm³/mol. The van der Waals surface area contributed by atoms with E-state index >= 15 is 0 Å². The minimum absolute atomic E-state index is 0.554. The zero-order chi connectivity index (χ0) is 9.26. The maximum Gasteiger partial charge on any atom is 0.240 e. The Kier molecular flexibility index (Phi) is 1.69. The van der Waals surface area contributed by atoms with Crippen molar-refractivity contribution >= 4 is 17.3 Å². The molecule has 0 aliphatic heterocycles. The van der Waals surface area contributed by atoms with Crippen molar-refractivity contribution in [2.75, 3.05) is 0 Å². The van der Waals surface area contributed by atoms with Crippen LogP contribution in [0.4, 0.5) is 5.69 Å². The fraction of sp³-hybridized carbons (Fsp3) is 0.111. The van der Waals surface area contributed by atoms with E-state index in [1.54, 1.807) is 10.7 Å². The van der Waals surface area contributed by atoms with Crippen LogP contribution >= 0.6 is 0 Å². The van der Waals surface area contributed by atoms with Gasteiger partial charge < -0.3 is 0 Å². The molecule has 0 aliphatic rings. The summed E-state index contributed by atoms with van der Waals surface area (Å²) in [7, 11) is 0. The van der Waals surface area contributed by atoms with Crippen molar-refractivity contribution in [3.8, 4) is 0 Å². The number of carbonyl (C=O) groups excluding carboxylic acids is 1. The van der Waals surface area contributed by atoms with Gasteiger partial charge in [-0.3, -0.25) is 0 Å². The van der Waals surface area contributed by atoms with Crippen LogP contribution in [0, 0.1) is 6.92 Å². The zero-order valence-electron chi connectivity index (χ0n) is 7.06. The predicted octanol–water partition coefficient (Wildman–Crippen LogP) is 1.61. The van der Waals surface area contributed by atoms with Crippen molar-refractivity contribution in [1.29, 1.82) is 0 Å². The van der Waals surface area contributed by atoms with Crippen LogP contribution in [0.1, 0.15) is 5.56 Å². The molecule has 0 N–H and O–H groups in total. The van der Waals surface area contributed by atoms with Crippen LogP contribution in [-0.2, 0) is 4.79 Å². The van der Waals surface area contributed by atoms with Gasteiger partial charge in [0.05, 0.1) is 11.7 Å². The van der Waals surface area contributed by atoms with E-state index in [0.29, 0.717) is 5.69 Å². The number of aliphatic imine (C=N–C) groups is 1. The topological polar surface area (TPSA) is 46.7 Å². The summed E-state index contributed by atoms with van der Waals surface area (Å²) < 4.78 is 1.67. The van der Waals surface area contributed by atoms with Gasteiger partial charge in [0.25, 0.3) is 0 Å². The molecule has 13 heavy (non-hydrogen) atoms. The van der Waals surface area contributed by atoms with E-state index in [1.165, 1.54) is 6.08 Å². The summed E-state index contributed by atoms with van der Waals surface area (Å²) in [6, 6.07) is 3.86. The van der Waals surface area contributed by atoms with Gasteiger partial charge in [-0.15, -0.1) is 0 Å². The molecule has 2 aromatic heterocycles. The van der Waals surface area contributed by atoms with E-state index < -0.39 is 0 Å². The highest BCUT2D eigenvalue weighted by atomic mass is 16.1. The molecule has 0 radical (unpaired) electrons. The Morgan fingerprint density at radius 3 is 3.23 bits per heavy atom. The second-order valence-electron chi connectivity index (χ2n) is 2.77. The van der Waals surface area contributed by atoms with Gasteiger partial charge in [0.15, 0.2) is 0 Å². The van der Waals surface area contributed by atoms with Crippen molar-refractivity contribution in [1.82, 2.24) is 9.61 Å². The lowest BCUT2D eigenvalue weighted by Crippen LogP contribution is -1.85. The molecule has 0 saturated carbocycles. The standard InChI is InChI=1S/C9H7N3O/c1-7-2-3-12-9(4-7)8(5-11-12)10-6-13/h2-5H,1H3. The molecule has 2 rings (SSSR count). The molecule has 0 spiro atoms. The number of aryl methyl sites for hydroxylation is 1. The Morgan fingerprint density at radius 2 is 2.46 bits per heavy atom. The lowest BCUT2D eigenvalue weighted by Gasteiger charge is -1.94. The minimum atomic E-state index is 0.554. The summed E-state index contributed by atoms with van der Waals surface area (Å²) in [5.74, 6) is 0. The number of nitrogens with zero attached hydrogens (tertiary/aromatic N) is 3. The van der Waals surface area contributed by atoms with Crippen LogP contribution < -0.4 is 0 Å². The average Bonchev–Trinajstić information content (AvgIpc) is 2.49. The first-order valence-corrected chi connectivity index (χ1v) is 3.83. The Balaban J connectivity index is 2.78. The SMILES string of the molecule is Cc1ccn2ncc(N=C=O)c2c1. The molecule has 4 nitrogen and oxygen atoms in total. The summed E-state index contributed by atoms with van der Waals surface area (Å²) in [4.78, 5) is 13.6. The molecule has 64 valence electrons. The van der Waals surface area contributed by atoms with E-state index in [0.717, 1.165) is 11.1 Å². The van der Waals surface area contributed by atoms with Crippen molar-refractivity contribution in [3.63, 3.8) is 0 Å².